The van der Waals surface area contributed by atoms with Crippen LogP contribution in [0.2, 0.25) is 0 Å². The van der Waals surface area contributed by atoms with Crippen LogP contribution in [0.25, 0.3) is 0 Å². The van der Waals surface area contributed by atoms with E-state index in [4.69, 9.17) is 0 Å². The van der Waals surface area contributed by atoms with Gasteiger partial charge >= 0.3 is 47.8 Å². The van der Waals surface area contributed by atoms with E-state index in [2.05, 4.69) is 0 Å². The molecule has 0 aromatic rings. The summed E-state index contributed by atoms with van der Waals surface area (Å²) in [4.78, 5) is 0. The number of rotatable bonds is 0. The fraction of sp³-hybridized carbons (Fsp3) is 0. The summed E-state index contributed by atoms with van der Waals surface area (Å²) in [5.74, 6) is 0. The molecule has 0 aliphatic heterocycles. The van der Waals surface area contributed by atoms with Gasteiger partial charge in [0.15, 0.2) is 0 Å². The third-order valence-corrected chi connectivity index (χ3v) is 0. The van der Waals surface area contributed by atoms with Crippen LogP contribution in [0.1, 0.15) is 2.85 Å². The molecule has 0 aliphatic carbocycles. The topological polar surface area (TPSA) is 0 Å². The Labute approximate surface area is 74.8 Å². The van der Waals surface area contributed by atoms with Gasteiger partial charge in [-0.15, -0.1) is 0 Å². The second-order valence-corrected chi connectivity index (χ2v) is 0. The zero-order valence-corrected chi connectivity index (χ0v) is 8.98. The molecule has 0 N–H and O–H groups in total. The third kappa shape index (κ3) is 8.90. The molecule has 0 saturated carbocycles. The molecule has 0 unspecified atom stereocenters. The maximum absolute atomic E-state index is 0. The molecule has 0 aromatic heterocycles. The average molecular weight is 310 g/mol. The summed E-state index contributed by atoms with van der Waals surface area (Å²) in [5.41, 5.74) is 0. The van der Waals surface area contributed by atoms with E-state index in [1.807, 2.05) is 0 Å². The predicted molar refractivity (Wildman–Crippen MR) is 13.7 cm³/mol. The Kier molecular flexibility index (Phi) is 166. The van der Waals surface area contributed by atoms with Gasteiger partial charge in [-0.3, -0.25) is 0 Å². The van der Waals surface area contributed by atoms with Crippen LogP contribution < -0.4 is 24.8 Å². The molecule has 0 heterocycles. The van der Waals surface area contributed by atoms with Crippen molar-refractivity contribution in [2.45, 2.75) is 0 Å². The number of hydrogen-bond acceptors (Lipinski definition) is 0. The van der Waals surface area contributed by atoms with E-state index in [0.29, 0.717) is 0 Å². The van der Waals surface area contributed by atoms with Gasteiger partial charge in [-0.1, -0.05) is 0 Å². The van der Waals surface area contributed by atoms with Gasteiger partial charge in [-0.05, 0) is 0 Å². The van der Waals surface area contributed by atoms with Crippen LogP contribution in [0.15, 0.2) is 0 Å². The number of halogens is 2. The standard InChI is InChI=1S/2ClH.2Sn.2H/h2*1H;;;;/q;;2*+2;2*-1/p-2. The molecular weight excluding hydrogens is 308 g/mol. The first kappa shape index (κ1) is 34.9. The van der Waals surface area contributed by atoms with Gasteiger partial charge in [0.2, 0.25) is 0 Å². The first-order valence-corrected chi connectivity index (χ1v) is 0. The summed E-state index contributed by atoms with van der Waals surface area (Å²) in [5, 5.41) is 0. The SMILES string of the molecule is [Cl-].[Cl-].[H-].[H-].[Sn+2].[Sn+2]. The van der Waals surface area contributed by atoms with E-state index in [-0.39, 0.29) is 75.5 Å². The van der Waals surface area contributed by atoms with Crippen molar-refractivity contribution in [2.24, 2.45) is 0 Å². The van der Waals surface area contributed by atoms with Crippen molar-refractivity contribution < 1.29 is 27.7 Å². The fourth-order valence-corrected chi connectivity index (χ4v) is 0. The Morgan fingerprint density at radius 3 is 0.750 bits per heavy atom. The monoisotopic (exact) mass is 312 g/mol. The summed E-state index contributed by atoms with van der Waals surface area (Å²) in [7, 11) is 0. The van der Waals surface area contributed by atoms with Gasteiger partial charge in [-0.25, -0.2) is 0 Å². The number of hydrogen-bond donors (Lipinski definition) is 0. The minimum atomic E-state index is 0. The Morgan fingerprint density at radius 2 is 0.750 bits per heavy atom. The average Bonchev–Trinajstić information content (AvgIpc) is 0. The summed E-state index contributed by atoms with van der Waals surface area (Å²) >= 11 is 0. The van der Waals surface area contributed by atoms with E-state index in [9.17, 15) is 0 Å². The summed E-state index contributed by atoms with van der Waals surface area (Å²) in [6, 6.07) is 0. The first-order chi connectivity index (χ1) is 0. The van der Waals surface area contributed by atoms with Gasteiger partial charge in [0.1, 0.15) is 0 Å². The van der Waals surface area contributed by atoms with E-state index in [1.54, 1.807) is 0 Å². The zero-order valence-electron chi connectivity index (χ0n) is 3.76. The molecule has 0 amide bonds. The van der Waals surface area contributed by atoms with E-state index in [1.165, 1.54) is 0 Å². The van der Waals surface area contributed by atoms with Crippen LogP contribution in [0.4, 0.5) is 0 Å². The molecule has 0 aromatic carbocycles. The van der Waals surface area contributed by atoms with E-state index in [0.717, 1.165) is 0 Å². The quantitative estimate of drug-likeness (QED) is 0.391. The molecular formula is H2Cl2Sn2. The second kappa shape index (κ2) is 19.1. The molecule has 0 fully saturated rings. The van der Waals surface area contributed by atoms with Crippen LogP contribution in [-0.4, -0.2) is 47.8 Å². The first-order valence-electron chi connectivity index (χ1n) is 0. The van der Waals surface area contributed by atoms with E-state index >= 15 is 0 Å². The molecule has 4 heavy (non-hydrogen) atoms. The predicted octanol–water partition coefficient (Wildman–Crippen LogP) is -6.53. The van der Waals surface area contributed by atoms with Crippen LogP contribution in [0.3, 0.4) is 0 Å². The van der Waals surface area contributed by atoms with Crippen molar-refractivity contribution in [3.63, 3.8) is 0 Å². The molecule has 0 spiro atoms. The molecule has 4 radical (unpaired) electrons. The molecule has 4 heteroatoms. The van der Waals surface area contributed by atoms with Gasteiger partial charge in [0.05, 0.1) is 0 Å². The van der Waals surface area contributed by atoms with Crippen molar-refractivity contribution in [1.29, 1.82) is 0 Å². The summed E-state index contributed by atoms with van der Waals surface area (Å²) in [6.45, 7) is 0. The summed E-state index contributed by atoms with van der Waals surface area (Å²) in [6.07, 6.45) is 0. The molecule has 0 atom stereocenters. The van der Waals surface area contributed by atoms with Crippen LogP contribution in [0.5, 0.6) is 0 Å². The molecule has 0 saturated heterocycles. The van der Waals surface area contributed by atoms with Crippen molar-refractivity contribution in [2.75, 3.05) is 0 Å². The maximum Gasteiger partial charge on any atom is 2.00 e. The maximum atomic E-state index is 0. The molecule has 0 aliphatic rings. The second-order valence-electron chi connectivity index (χ2n) is 0. The summed E-state index contributed by atoms with van der Waals surface area (Å²) < 4.78 is 0. The van der Waals surface area contributed by atoms with Gasteiger partial charge in [0.25, 0.3) is 0 Å². The third-order valence-electron chi connectivity index (χ3n) is 0. The Hall–Kier alpha value is 2.18. The molecule has 24 valence electrons. The fourth-order valence-electron chi connectivity index (χ4n) is 0. The van der Waals surface area contributed by atoms with Gasteiger partial charge in [-0.2, -0.15) is 0 Å². The Morgan fingerprint density at radius 1 is 0.750 bits per heavy atom. The Bertz CT molecular complexity index is 9.51. The smallest absolute Gasteiger partial charge is 1.00 e. The minimum Gasteiger partial charge on any atom is -1.00 e. The minimum absolute atomic E-state index is 0. The largest absolute Gasteiger partial charge is 2.00 e. The normalized spacial score (nSPS) is 0. The van der Waals surface area contributed by atoms with Crippen molar-refractivity contribution in [3.8, 4) is 0 Å². The molecule has 0 bridgehead atoms. The zero-order chi connectivity index (χ0) is 0. The van der Waals surface area contributed by atoms with Crippen molar-refractivity contribution in [1.82, 2.24) is 0 Å². The van der Waals surface area contributed by atoms with Gasteiger partial charge in [0, 0.05) is 0 Å². The van der Waals surface area contributed by atoms with Crippen LogP contribution in [-0.2, 0) is 0 Å². The molecule has 0 nitrogen and oxygen atoms in total. The van der Waals surface area contributed by atoms with Crippen LogP contribution in [0, 0.1) is 0 Å². The van der Waals surface area contributed by atoms with Gasteiger partial charge < -0.3 is 27.7 Å². The van der Waals surface area contributed by atoms with Crippen molar-refractivity contribution in [3.05, 3.63) is 0 Å². The van der Waals surface area contributed by atoms with Crippen molar-refractivity contribution >= 4 is 47.8 Å². The Balaban J connectivity index is 0. The van der Waals surface area contributed by atoms with E-state index < -0.39 is 0 Å². The van der Waals surface area contributed by atoms with Crippen LogP contribution >= 0.6 is 0 Å². The molecule has 0 rings (SSSR count).